The molecule has 1 rings (SSSR count). The molecule has 1 aromatic carbocycles. The fourth-order valence-electron chi connectivity index (χ4n) is 2.19. The van der Waals surface area contributed by atoms with Crippen molar-refractivity contribution in [1.82, 2.24) is 4.72 Å². The lowest BCUT2D eigenvalue weighted by atomic mass is 10.00. The minimum absolute atomic E-state index is 0.159. The zero-order valence-electron chi connectivity index (χ0n) is 12.6. The molecule has 0 aliphatic carbocycles. The summed E-state index contributed by atoms with van der Waals surface area (Å²) in [5, 5.41) is 10.0. The van der Waals surface area contributed by atoms with Gasteiger partial charge in [0, 0.05) is 6.04 Å². The van der Waals surface area contributed by atoms with Gasteiger partial charge in [-0.25, -0.2) is 13.1 Å². The van der Waals surface area contributed by atoms with Crippen LogP contribution in [0.4, 0.5) is 0 Å². The van der Waals surface area contributed by atoms with Crippen LogP contribution in [0.5, 0.6) is 0 Å². The summed E-state index contributed by atoms with van der Waals surface area (Å²) < 4.78 is 27.1. The molecule has 1 unspecified atom stereocenters. The summed E-state index contributed by atoms with van der Waals surface area (Å²) in [5.41, 5.74) is 0.661. The van der Waals surface area contributed by atoms with Crippen LogP contribution in [-0.2, 0) is 16.4 Å². The van der Waals surface area contributed by atoms with Gasteiger partial charge in [-0.3, -0.25) is 0 Å². The third-order valence-corrected chi connectivity index (χ3v) is 4.61. The van der Waals surface area contributed by atoms with Crippen LogP contribution in [0.1, 0.15) is 39.7 Å². The summed E-state index contributed by atoms with van der Waals surface area (Å²) in [4.78, 5) is 0.261. The van der Waals surface area contributed by atoms with Gasteiger partial charge in [0.1, 0.15) is 0 Å². The lowest BCUT2D eigenvalue weighted by Crippen LogP contribution is -2.31. The Balaban J connectivity index is 2.99. The van der Waals surface area contributed by atoms with Crippen LogP contribution in [0.3, 0.4) is 0 Å². The maximum Gasteiger partial charge on any atom is 0.241 e. The Hall–Kier alpha value is -0.910. The van der Waals surface area contributed by atoms with Gasteiger partial charge in [-0.15, -0.1) is 0 Å². The molecule has 1 atom stereocenters. The number of nitrogens with one attached hydrogen (secondary N) is 1. The summed E-state index contributed by atoms with van der Waals surface area (Å²) in [5.74, 6) is 0.377. The first kappa shape index (κ1) is 17.1. The molecular formula is C15H25NO3S. The Kier molecular flexibility index (Phi) is 6.17. The largest absolute Gasteiger partial charge is 0.393 e. The first-order valence-corrected chi connectivity index (χ1v) is 8.49. The molecule has 0 aliphatic heterocycles. The summed E-state index contributed by atoms with van der Waals surface area (Å²) >= 11 is 0. The quantitative estimate of drug-likeness (QED) is 0.812. The second-order valence-corrected chi connectivity index (χ2v) is 7.55. The molecule has 0 spiro atoms. The van der Waals surface area contributed by atoms with E-state index in [2.05, 4.69) is 4.72 Å². The molecule has 0 fully saturated rings. The molecule has 0 radical (unpaired) electrons. The molecule has 0 bridgehead atoms. The number of aliphatic hydroxyl groups is 1. The Bertz CT molecular complexity index is 524. The number of hydrogen-bond acceptors (Lipinski definition) is 3. The highest BCUT2D eigenvalue weighted by Crippen LogP contribution is 2.19. The highest BCUT2D eigenvalue weighted by molar-refractivity contribution is 7.89. The maximum absolute atomic E-state index is 12.3. The number of benzene rings is 1. The van der Waals surface area contributed by atoms with Gasteiger partial charge in [0.2, 0.25) is 10.0 Å². The minimum atomic E-state index is -3.53. The Labute approximate surface area is 122 Å². The lowest BCUT2D eigenvalue weighted by Gasteiger charge is -2.17. The van der Waals surface area contributed by atoms with Crippen molar-refractivity contribution in [2.45, 2.75) is 57.6 Å². The van der Waals surface area contributed by atoms with Crippen molar-refractivity contribution in [3.63, 3.8) is 0 Å². The van der Waals surface area contributed by atoms with Crippen molar-refractivity contribution < 1.29 is 13.5 Å². The van der Waals surface area contributed by atoms with Crippen LogP contribution in [0, 0.1) is 5.92 Å². The molecule has 0 aliphatic rings. The molecule has 0 heterocycles. The normalized spacial score (nSPS) is 13.9. The van der Waals surface area contributed by atoms with Gasteiger partial charge >= 0.3 is 0 Å². The van der Waals surface area contributed by atoms with E-state index in [-0.39, 0.29) is 10.9 Å². The number of aliphatic hydroxyl groups excluding tert-OH is 1. The van der Waals surface area contributed by atoms with E-state index < -0.39 is 16.1 Å². The van der Waals surface area contributed by atoms with E-state index in [1.165, 1.54) is 0 Å². The van der Waals surface area contributed by atoms with Crippen molar-refractivity contribution in [3.8, 4) is 0 Å². The van der Waals surface area contributed by atoms with Crippen LogP contribution in [0.15, 0.2) is 29.2 Å². The zero-order chi connectivity index (χ0) is 15.3. The molecule has 0 saturated carbocycles. The highest BCUT2D eigenvalue weighted by Gasteiger charge is 2.20. The van der Waals surface area contributed by atoms with Crippen molar-refractivity contribution in [1.29, 1.82) is 0 Å². The first-order valence-electron chi connectivity index (χ1n) is 7.00. The molecule has 2 N–H and O–H groups in total. The number of rotatable bonds is 7. The van der Waals surface area contributed by atoms with Gasteiger partial charge in [0.25, 0.3) is 0 Å². The summed E-state index contributed by atoms with van der Waals surface area (Å²) in [6.07, 6.45) is 0.490. The van der Waals surface area contributed by atoms with E-state index in [4.69, 9.17) is 0 Å². The molecule has 0 saturated heterocycles. The average molecular weight is 299 g/mol. The molecule has 0 aromatic heterocycles. The van der Waals surface area contributed by atoms with Crippen LogP contribution in [0.2, 0.25) is 0 Å². The van der Waals surface area contributed by atoms with Gasteiger partial charge in [-0.05, 0) is 44.2 Å². The Morgan fingerprint density at radius 2 is 1.75 bits per heavy atom. The average Bonchev–Trinajstić information content (AvgIpc) is 2.26. The van der Waals surface area contributed by atoms with Crippen molar-refractivity contribution >= 4 is 10.0 Å². The second-order valence-electron chi connectivity index (χ2n) is 5.87. The predicted octanol–water partition coefficient (Wildman–Crippen LogP) is 2.32. The highest BCUT2D eigenvalue weighted by atomic mass is 32.2. The molecule has 5 heteroatoms. The summed E-state index contributed by atoms with van der Waals surface area (Å²) in [6.45, 7) is 7.64. The standard InChI is InChI=1S/C15H25NO3S/c1-11(2)9-14(17)10-13-7-5-6-8-15(13)20(18,19)16-12(3)4/h5-8,11-12,14,16-17H,9-10H2,1-4H3. The van der Waals surface area contributed by atoms with Gasteiger partial charge in [0.05, 0.1) is 11.0 Å². The number of hydrogen-bond donors (Lipinski definition) is 2. The summed E-state index contributed by atoms with van der Waals surface area (Å²) in [6, 6.07) is 6.69. The van der Waals surface area contributed by atoms with Gasteiger partial charge in [-0.2, -0.15) is 0 Å². The fraction of sp³-hybridized carbons (Fsp3) is 0.600. The SMILES string of the molecule is CC(C)CC(O)Cc1ccccc1S(=O)(=O)NC(C)C. The molecule has 20 heavy (non-hydrogen) atoms. The van der Waals surface area contributed by atoms with Crippen LogP contribution in [-0.4, -0.2) is 25.7 Å². The fourth-order valence-corrected chi connectivity index (χ4v) is 3.69. The molecule has 1 aromatic rings. The zero-order valence-corrected chi connectivity index (χ0v) is 13.4. The smallest absolute Gasteiger partial charge is 0.241 e. The van der Waals surface area contributed by atoms with Gasteiger partial charge in [0.15, 0.2) is 0 Å². The van der Waals surface area contributed by atoms with E-state index in [0.29, 0.717) is 24.3 Å². The van der Waals surface area contributed by atoms with Crippen LogP contribution < -0.4 is 4.72 Å². The van der Waals surface area contributed by atoms with Crippen molar-refractivity contribution in [2.75, 3.05) is 0 Å². The molecular weight excluding hydrogens is 274 g/mol. The number of sulfonamides is 1. The van der Waals surface area contributed by atoms with E-state index in [0.717, 1.165) is 0 Å². The second kappa shape index (κ2) is 7.20. The Morgan fingerprint density at radius 3 is 2.30 bits per heavy atom. The van der Waals surface area contributed by atoms with Crippen molar-refractivity contribution in [2.24, 2.45) is 5.92 Å². The van der Waals surface area contributed by atoms with Crippen molar-refractivity contribution in [3.05, 3.63) is 29.8 Å². The van der Waals surface area contributed by atoms with Crippen LogP contribution >= 0.6 is 0 Å². The third kappa shape index (κ3) is 5.23. The van der Waals surface area contributed by atoms with E-state index in [9.17, 15) is 13.5 Å². The summed E-state index contributed by atoms with van der Waals surface area (Å²) in [7, 11) is -3.53. The molecule has 114 valence electrons. The maximum atomic E-state index is 12.3. The van der Waals surface area contributed by atoms with Gasteiger partial charge in [-0.1, -0.05) is 32.0 Å². The predicted molar refractivity (Wildman–Crippen MR) is 81.1 cm³/mol. The Morgan fingerprint density at radius 1 is 1.15 bits per heavy atom. The lowest BCUT2D eigenvalue weighted by molar-refractivity contribution is 0.148. The molecule has 4 nitrogen and oxygen atoms in total. The van der Waals surface area contributed by atoms with Gasteiger partial charge < -0.3 is 5.11 Å². The monoisotopic (exact) mass is 299 g/mol. The van der Waals surface area contributed by atoms with E-state index >= 15 is 0 Å². The van der Waals surface area contributed by atoms with E-state index in [1.807, 2.05) is 13.8 Å². The molecule has 0 amide bonds. The third-order valence-electron chi connectivity index (χ3n) is 2.85. The van der Waals surface area contributed by atoms with E-state index in [1.54, 1.807) is 38.1 Å². The van der Waals surface area contributed by atoms with Crippen LogP contribution in [0.25, 0.3) is 0 Å². The minimum Gasteiger partial charge on any atom is -0.393 e. The topological polar surface area (TPSA) is 66.4 Å². The first-order chi connectivity index (χ1) is 9.22.